The molecule has 7 heteroatoms. The molecule has 1 atom stereocenters. The van der Waals surface area contributed by atoms with E-state index in [1.54, 1.807) is 19.1 Å². The van der Waals surface area contributed by atoms with Crippen molar-refractivity contribution in [3.05, 3.63) is 64.7 Å². The molecule has 1 N–H and O–H groups in total. The fraction of sp³-hybridized carbons (Fsp3) is 0.348. The zero-order chi connectivity index (χ0) is 21.7. The van der Waals surface area contributed by atoms with Crippen molar-refractivity contribution in [1.82, 2.24) is 10.2 Å². The highest BCUT2D eigenvalue weighted by molar-refractivity contribution is 6.30. The summed E-state index contributed by atoms with van der Waals surface area (Å²) in [5.41, 5.74) is 2.59. The monoisotopic (exact) mass is 427 g/mol. The molecule has 1 aliphatic rings. The van der Waals surface area contributed by atoms with E-state index < -0.39 is 0 Å². The second kappa shape index (κ2) is 9.76. The first-order valence-electron chi connectivity index (χ1n) is 10.00. The number of carbonyl (C=O) groups excluding carboxylic acids is 3. The molecule has 158 valence electrons. The van der Waals surface area contributed by atoms with E-state index in [0.29, 0.717) is 23.7 Å². The number of Topliss-reactive ketones (excluding diaryl/α,β-unsaturated/α-hetero) is 1. The highest BCUT2D eigenvalue weighted by Crippen LogP contribution is 2.22. The third-order valence-electron chi connectivity index (χ3n) is 5.30. The van der Waals surface area contributed by atoms with E-state index in [0.717, 1.165) is 24.3 Å². The molecule has 0 spiro atoms. The van der Waals surface area contributed by atoms with Gasteiger partial charge in [0.1, 0.15) is 0 Å². The highest BCUT2D eigenvalue weighted by atomic mass is 35.5. The van der Waals surface area contributed by atoms with Crippen LogP contribution in [0.15, 0.2) is 48.5 Å². The Kier molecular flexibility index (Phi) is 7.11. The molecule has 0 bridgehead atoms. The van der Waals surface area contributed by atoms with Crippen LogP contribution in [0.2, 0.25) is 5.02 Å². The first-order valence-corrected chi connectivity index (χ1v) is 10.4. The minimum absolute atomic E-state index is 0.00952. The molecule has 1 heterocycles. The largest absolute Gasteiger partial charge is 0.368 e. The maximum atomic E-state index is 12.9. The van der Waals surface area contributed by atoms with E-state index in [4.69, 9.17) is 11.6 Å². The molecule has 30 heavy (non-hydrogen) atoms. The number of benzene rings is 2. The Balaban J connectivity index is 1.59. The van der Waals surface area contributed by atoms with Crippen LogP contribution in [0.25, 0.3) is 0 Å². The van der Waals surface area contributed by atoms with Crippen LogP contribution in [0, 0.1) is 0 Å². The van der Waals surface area contributed by atoms with Gasteiger partial charge in [-0.25, -0.2) is 0 Å². The van der Waals surface area contributed by atoms with E-state index in [-0.39, 0.29) is 30.1 Å². The summed E-state index contributed by atoms with van der Waals surface area (Å²) in [6.45, 7) is 5.66. The van der Waals surface area contributed by atoms with Gasteiger partial charge in [0, 0.05) is 49.4 Å². The van der Waals surface area contributed by atoms with E-state index in [2.05, 4.69) is 10.2 Å². The van der Waals surface area contributed by atoms with Crippen molar-refractivity contribution in [3.63, 3.8) is 0 Å². The molecule has 0 unspecified atom stereocenters. The Labute approximate surface area is 181 Å². The summed E-state index contributed by atoms with van der Waals surface area (Å²) >= 11 is 5.95. The van der Waals surface area contributed by atoms with Crippen LogP contribution in [-0.4, -0.2) is 48.7 Å². The number of piperazine rings is 1. The van der Waals surface area contributed by atoms with Crippen molar-refractivity contribution in [3.8, 4) is 0 Å². The van der Waals surface area contributed by atoms with Gasteiger partial charge >= 0.3 is 0 Å². The highest BCUT2D eigenvalue weighted by Gasteiger charge is 2.25. The van der Waals surface area contributed by atoms with Crippen LogP contribution in [0.5, 0.6) is 0 Å². The van der Waals surface area contributed by atoms with Crippen molar-refractivity contribution in [2.24, 2.45) is 0 Å². The summed E-state index contributed by atoms with van der Waals surface area (Å²) in [5, 5.41) is 3.48. The standard InChI is InChI=1S/C23H26ClN3O3/c1-16(28)18-5-9-21(10-6-18)26-11-13-27(14-12-26)23(30)15-22(25-17(2)29)19-3-7-20(24)8-4-19/h3-10,22H,11-15H2,1-2H3,(H,25,29)/t22-/m1/s1. The summed E-state index contributed by atoms with van der Waals surface area (Å²) in [6, 6.07) is 14.3. The quantitative estimate of drug-likeness (QED) is 0.717. The summed E-state index contributed by atoms with van der Waals surface area (Å²) in [4.78, 5) is 40.0. The van der Waals surface area contributed by atoms with Crippen molar-refractivity contribution < 1.29 is 14.4 Å². The number of rotatable bonds is 6. The summed E-state index contributed by atoms with van der Waals surface area (Å²) in [7, 11) is 0. The van der Waals surface area contributed by atoms with E-state index in [1.165, 1.54) is 6.92 Å². The average molecular weight is 428 g/mol. The lowest BCUT2D eigenvalue weighted by atomic mass is 10.0. The number of hydrogen-bond donors (Lipinski definition) is 1. The lowest BCUT2D eigenvalue weighted by Crippen LogP contribution is -2.49. The molecule has 2 aromatic rings. The number of ketones is 1. The molecule has 1 aliphatic heterocycles. The van der Waals surface area contributed by atoms with Gasteiger partial charge in [0.05, 0.1) is 12.5 Å². The van der Waals surface area contributed by atoms with E-state index in [1.807, 2.05) is 41.3 Å². The molecule has 3 rings (SSSR count). The van der Waals surface area contributed by atoms with Gasteiger partial charge < -0.3 is 15.1 Å². The zero-order valence-corrected chi connectivity index (χ0v) is 18.0. The van der Waals surface area contributed by atoms with Gasteiger partial charge in [-0.05, 0) is 48.9 Å². The Hall–Kier alpha value is -2.86. The second-order valence-corrected chi connectivity index (χ2v) is 7.92. The molecular weight excluding hydrogens is 402 g/mol. The first-order chi connectivity index (χ1) is 14.3. The molecule has 0 aromatic heterocycles. The molecule has 0 saturated carbocycles. The Morgan fingerprint density at radius 3 is 2.07 bits per heavy atom. The topological polar surface area (TPSA) is 69.7 Å². The van der Waals surface area contributed by atoms with Crippen LogP contribution in [0.4, 0.5) is 5.69 Å². The lowest BCUT2D eigenvalue weighted by Gasteiger charge is -2.36. The molecule has 0 aliphatic carbocycles. The molecule has 1 fully saturated rings. The predicted octanol–water partition coefficient (Wildman–Crippen LogP) is 3.46. The fourth-order valence-corrected chi connectivity index (χ4v) is 3.74. The molecule has 2 aromatic carbocycles. The van der Waals surface area contributed by atoms with Gasteiger partial charge in [-0.2, -0.15) is 0 Å². The Morgan fingerprint density at radius 1 is 0.933 bits per heavy atom. The maximum Gasteiger partial charge on any atom is 0.225 e. The minimum atomic E-state index is -0.385. The third-order valence-corrected chi connectivity index (χ3v) is 5.55. The van der Waals surface area contributed by atoms with Crippen molar-refractivity contribution in [2.45, 2.75) is 26.3 Å². The summed E-state index contributed by atoms with van der Waals surface area (Å²) in [5.74, 6) is -0.122. The SMILES string of the molecule is CC(=O)N[C@H](CC(=O)N1CCN(c2ccc(C(C)=O)cc2)CC1)c1ccc(Cl)cc1. The van der Waals surface area contributed by atoms with Gasteiger partial charge in [-0.15, -0.1) is 0 Å². The normalized spacial score (nSPS) is 14.9. The number of nitrogens with one attached hydrogen (secondary N) is 1. The minimum Gasteiger partial charge on any atom is -0.368 e. The van der Waals surface area contributed by atoms with E-state index >= 15 is 0 Å². The maximum absolute atomic E-state index is 12.9. The molecule has 2 amide bonds. The smallest absolute Gasteiger partial charge is 0.225 e. The van der Waals surface area contributed by atoms with Crippen LogP contribution < -0.4 is 10.2 Å². The van der Waals surface area contributed by atoms with Crippen molar-refractivity contribution in [1.29, 1.82) is 0 Å². The zero-order valence-electron chi connectivity index (χ0n) is 17.2. The average Bonchev–Trinajstić information content (AvgIpc) is 2.73. The van der Waals surface area contributed by atoms with Gasteiger partial charge in [-0.3, -0.25) is 14.4 Å². The number of amides is 2. The van der Waals surface area contributed by atoms with Gasteiger partial charge in [0.2, 0.25) is 11.8 Å². The number of halogens is 1. The van der Waals surface area contributed by atoms with Crippen molar-refractivity contribution >= 4 is 34.9 Å². The molecule has 0 radical (unpaired) electrons. The van der Waals surface area contributed by atoms with Gasteiger partial charge in [0.25, 0.3) is 0 Å². The third kappa shape index (κ3) is 5.60. The van der Waals surface area contributed by atoms with Crippen LogP contribution in [0.1, 0.15) is 42.2 Å². The summed E-state index contributed by atoms with van der Waals surface area (Å²) in [6.07, 6.45) is 0.203. The Bertz CT molecular complexity index is 904. The molecular formula is C23H26ClN3O3. The van der Waals surface area contributed by atoms with Crippen LogP contribution in [0.3, 0.4) is 0 Å². The fourth-order valence-electron chi connectivity index (χ4n) is 3.62. The summed E-state index contributed by atoms with van der Waals surface area (Å²) < 4.78 is 0. The van der Waals surface area contributed by atoms with Crippen molar-refractivity contribution in [2.75, 3.05) is 31.1 Å². The first kappa shape index (κ1) is 21.8. The molecule has 6 nitrogen and oxygen atoms in total. The second-order valence-electron chi connectivity index (χ2n) is 7.48. The number of hydrogen-bond acceptors (Lipinski definition) is 4. The predicted molar refractivity (Wildman–Crippen MR) is 118 cm³/mol. The van der Waals surface area contributed by atoms with E-state index in [9.17, 15) is 14.4 Å². The number of anilines is 1. The number of carbonyl (C=O) groups is 3. The lowest BCUT2D eigenvalue weighted by molar-refractivity contribution is -0.132. The van der Waals surface area contributed by atoms with Crippen LogP contribution >= 0.6 is 11.6 Å². The van der Waals surface area contributed by atoms with Crippen LogP contribution in [-0.2, 0) is 9.59 Å². The van der Waals surface area contributed by atoms with Gasteiger partial charge in [-0.1, -0.05) is 23.7 Å². The number of nitrogens with zero attached hydrogens (tertiary/aromatic N) is 2. The Morgan fingerprint density at radius 2 is 1.53 bits per heavy atom. The molecule has 1 saturated heterocycles. The van der Waals surface area contributed by atoms with Gasteiger partial charge in [0.15, 0.2) is 5.78 Å².